The highest BCUT2D eigenvalue weighted by Gasteiger charge is 2.31. The van der Waals surface area contributed by atoms with Gasteiger partial charge in [0.25, 0.3) is 10.0 Å². The molecule has 0 saturated heterocycles. The molecule has 0 aliphatic rings. The molecule has 0 aliphatic heterocycles. The maximum Gasteiger partial charge on any atom is 0.268 e. The van der Waals surface area contributed by atoms with Gasteiger partial charge in [-0.2, -0.15) is 5.26 Å². The molecular formula is C32H36N4O6S2Si. The number of benzene rings is 3. The van der Waals surface area contributed by atoms with Crippen LogP contribution in [0.1, 0.15) is 34.2 Å². The number of nitriles is 1. The standard InChI is InChI=1S/C32H36N4O6S2Si/c1-21-7-10-24(11-8-21)44(40,41)36-14-13-25-29(28(43(3,38)39)17-22(2)30(25)36)31(37)32-34-26-18-23(19-33)9-12-27(26)35(32)20-42-15-16-45(4,5)6/h7-14,17-18,31,37H,15-16,20H2,1-6H3. The third-order valence-corrected chi connectivity index (χ3v) is 12.3. The van der Waals surface area contributed by atoms with Crippen molar-refractivity contribution in [2.45, 2.75) is 62.2 Å². The normalized spacial score (nSPS) is 13.4. The number of fused-ring (bicyclic) bond motifs is 2. The summed E-state index contributed by atoms with van der Waals surface area (Å²) in [5, 5.41) is 21.8. The van der Waals surface area contributed by atoms with E-state index in [1.165, 1.54) is 30.5 Å². The minimum Gasteiger partial charge on any atom is -0.380 e. The molecule has 236 valence electrons. The summed E-state index contributed by atoms with van der Waals surface area (Å²) in [4.78, 5) is 4.60. The number of rotatable bonds is 10. The molecule has 13 heteroatoms. The smallest absolute Gasteiger partial charge is 0.268 e. The molecule has 0 amide bonds. The first-order valence-electron chi connectivity index (χ1n) is 14.4. The zero-order valence-corrected chi connectivity index (χ0v) is 28.7. The Labute approximate surface area is 264 Å². The van der Waals surface area contributed by atoms with E-state index in [2.05, 4.69) is 30.7 Å². The van der Waals surface area contributed by atoms with Gasteiger partial charge in [-0.3, -0.25) is 0 Å². The number of hydrogen-bond acceptors (Lipinski definition) is 8. The van der Waals surface area contributed by atoms with Gasteiger partial charge in [0, 0.05) is 38.1 Å². The first-order valence-corrected chi connectivity index (χ1v) is 21.4. The van der Waals surface area contributed by atoms with Gasteiger partial charge >= 0.3 is 0 Å². The Hall–Kier alpha value is -3.80. The fourth-order valence-electron chi connectivity index (χ4n) is 5.33. The average molecular weight is 665 g/mol. The van der Waals surface area contributed by atoms with Crippen molar-refractivity contribution in [3.63, 3.8) is 0 Å². The molecule has 0 bridgehead atoms. The molecule has 5 aromatic rings. The molecule has 0 saturated carbocycles. The van der Waals surface area contributed by atoms with Crippen molar-refractivity contribution in [3.8, 4) is 6.07 Å². The van der Waals surface area contributed by atoms with Crippen LogP contribution in [0.3, 0.4) is 0 Å². The van der Waals surface area contributed by atoms with Gasteiger partial charge in [0.2, 0.25) is 0 Å². The van der Waals surface area contributed by atoms with Crippen LogP contribution in [0.15, 0.2) is 70.6 Å². The molecule has 0 aliphatic carbocycles. The summed E-state index contributed by atoms with van der Waals surface area (Å²) in [5.74, 6) is 0.109. The molecule has 5 rings (SSSR count). The van der Waals surface area contributed by atoms with Crippen molar-refractivity contribution in [2.75, 3.05) is 12.9 Å². The minimum absolute atomic E-state index is 0.00937. The van der Waals surface area contributed by atoms with Crippen LogP contribution in [0.25, 0.3) is 21.9 Å². The lowest BCUT2D eigenvalue weighted by atomic mass is 10.0. The average Bonchev–Trinajstić information content (AvgIpc) is 3.57. The second kappa shape index (κ2) is 11.8. The molecule has 1 atom stereocenters. The fraction of sp³-hybridized carbons (Fsp3) is 0.312. The third-order valence-electron chi connectivity index (χ3n) is 7.75. The molecule has 10 nitrogen and oxygen atoms in total. The molecule has 1 unspecified atom stereocenters. The number of aliphatic hydroxyl groups is 1. The molecule has 2 heterocycles. The first-order chi connectivity index (χ1) is 21.0. The van der Waals surface area contributed by atoms with E-state index in [1.54, 1.807) is 41.8 Å². The summed E-state index contributed by atoms with van der Waals surface area (Å²) in [5.41, 5.74) is 2.97. The summed E-state index contributed by atoms with van der Waals surface area (Å²) in [6.45, 7) is 10.7. The lowest BCUT2D eigenvalue weighted by Gasteiger charge is -2.20. The van der Waals surface area contributed by atoms with Crippen LogP contribution in [0.2, 0.25) is 25.7 Å². The van der Waals surface area contributed by atoms with Crippen LogP contribution in [0.5, 0.6) is 0 Å². The Kier molecular flexibility index (Phi) is 8.58. The lowest BCUT2D eigenvalue weighted by molar-refractivity contribution is 0.0814. The first kappa shape index (κ1) is 32.6. The number of aryl methyl sites for hydroxylation is 2. The van der Waals surface area contributed by atoms with E-state index in [0.717, 1.165) is 21.8 Å². The predicted molar refractivity (Wildman–Crippen MR) is 176 cm³/mol. The largest absolute Gasteiger partial charge is 0.380 e. The molecule has 0 spiro atoms. The highest BCUT2D eigenvalue weighted by Crippen LogP contribution is 2.38. The van der Waals surface area contributed by atoms with Crippen LogP contribution < -0.4 is 0 Å². The SMILES string of the molecule is Cc1ccc(S(=O)(=O)n2ccc3c(C(O)c4nc5cc(C#N)ccc5n4COCC[Si](C)(C)C)c(S(C)(=O)=O)cc(C)c32)cc1. The van der Waals surface area contributed by atoms with Crippen molar-refractivity contribution < 1.29 is 26.7 Å². The Morgan fingerprint density at radius 2 is 1.71 bits per heavy atom. The van der Waals surface area contributed by atoms with Crippen molar-refractivity contribution in [1.29, 1.82) is 5.26 Å². The van der Waals surface area contributed by atoms with Gasteiger partial charge in [0.1, 0.15) is 18.7 Å². The van der Waals surface area contributed by atoms with Crippen LogP contribution in [0.4, 0.5) is 0 Å². The van der Waals surface area contributed by atoms with Gasteiger partial charge in [-0.05, 0) is 67.9 Å². The summed E-state index contributed by atoms with van der Waals surface area (Å²) in [6.07, 6.45) is 0.830. The number of ether oxygens (including phenoxy) is 1. The molecule has 0 fully saturated rings. The van der Waals surface area contributed by atoms with E-state index in [9.17, 15) is 27.2 Å². The van der Waals surface area contributed by atoms with E-state index in [0.29, 0.717) is 28.8 Å². The van der Waals surface area contributed by atoms with Gasteiger partial charge in [-0.15, -0.1) is 0 Å². The van der Waals surface area contributed by atoms with Gasteiger partial charge < -0.3 is 14.4 Å². The maximum absolute atomic E-state index is 13.8. The van der Waals surface area contributed by atoms with Crippen molar-refractivity contribution in [3.05, 3.63) is 88.9 Å². The summed E-state index contributed by atoms with van der Waals surface area (Å²) < 4.78 is 62.7. The van der Waals surface area contributed by atoms with E-state index in [-0.39, 0.29) is 38.8 Å². The monoisotopic (exact) mass is 664 g/mol. The Bertz CT molecular complexity index is 2190. The van der Waals surface area contributed by atoms with Crippen LogP contribution in [0, 0.1) is 25.2 Å². The summed E-state index contributed by atoms with van der Waals surface area (Å²) in [7, 11) is -9.35. The Morgan fingerprint density at radius 3 is 2.33 bits per heavy atom. The molecular weight excluding hydrogens is 629 g/mol. The second-order valence-electron chi connectivity index (χ2n) is 12.5. The van der Waals surface area contributed by atoms with Gasteiger partial charge in [-0.25, -0.2) is 25.8 Å². The zero-order chi connectivity index (χ0) is 32.9. The summed E-state index contributed by atoms with van der Waals surface area (Å²) in [6, 6.07) is 17.3. The molecule has 45 heavy (non-hydrogen) atoms. The molecule has 2 aromatic heterocycles. The fourth-order valence-corrected chi connectivity index (χ4v) is 8.51. The van der Waals surface area contributed by atoms with Crippen LogP contribution in [-0.2, 0) is 31.3 Å². The quantitative estimate of drug-likeness (QED) is 0.152. The van der Waals surface area contributed by atoms with E-state index >= 15 is 0 Å². The molecule has 0 radical (unpaired) electrons. The Balaban J connectivity index is 1.73. The van der Waals surface area contributed by atoms with Crippen LogP contribution >= 0.6 is 0 Å². The number of aromatic nitrogens is 3. The maximum atomic E-state index is 13.8. The second-order valence-corrected chi connectivity index (χ2v) is 22.0. The summed E-state index contributed by atoms with van der Waals surface area (Å²) >= 11 is 0. The van der Waals surface area contributed by atoms with Crippen molar-refractivity contribution in [2.24, 2.45) is 0 Å². The highest BCUT2D eigenvalue weighted by atomic mass is 32.2. The van der Waals surface area contributed by atoms with Gasteiger partial charge in [0.15, 0.2) is 9.84 Å². The molecule has 3 aromatic carbocycles. The van der Waals surface area contributed by atoms with E-state index in [4.69, 9.17) is 4.74 Å². The van der Waals surface area contributed by atoms with Crippen molar-refractivity contribution in [1.82, 2.24) is 13.5 Å². The Morgan fingerprint density at radius 1 is 1.02 bits per heavy atom. The minimum atomic E-state index is -4.06. The zero-order valence-electron chi connectivity index (χ0n) is 26.1. The number of imidazole rings is 1. The van der Waals surface area contributed by atoms with Gasteiger partial charge in [-0.1, -0.05) is 37.3 Å². The number of sulfone groups is 1. The van der Waals surface area contributed by atoms with E-state index in [1.807, 2.05) is 6.92 Å². The highest BCUT2D eigenvalue weighted by molar-refractivity contribution is 7.91. The predicted octanol–water partition coefficient (Wildman–Crippen LogP) is 5.51. The van der Waals surface area contributed by atoms with Crippen LogP contribution in [-0.4, -0.2) is 56.4 Å². The number of hydrogen-bond donors (Lipinski definition) is 1. The lowest BCUT2D eigenvalue weighted by Crippen LogP contribution is -2.22. The topological polar surface area (TPSA) is 144 Å². The third kappa shape index (κ3) is 6.34. The molecule has 1 N–H and O–H groups in total. The van der Waals surface area contributed by atoms with Gasteiger partial charge in [0.05, 0.1) is 38.0 Å². The van der Waals surface area contributed by atoms with Crippen molar-refractivity contribution >= 4 is 49.9 Å². The number of nitrogens with zero attached hydrogens (tertiary/aromatic N) is 4. The number of aliphatic hydroxyl groups excluding tert-OH is 1. The van der Waals surface area contributed by atoms with E-state index < -0.39 is 34.0 Å².